The molecule has 2 amide bonds. The Balaban J connectivity index is 2.02. The van der Waals surface area contributed by atoms with E-state index in [1.165, 1.54) is 6.92 Å². The Bertz CT molecular complexity index is 720. The first-order chi connectivity index (χ1) is 13.3. The van der Waals surface area contributed by atoms with Crippen LogP contribution in [0, 0.1) is 18.8 Å². The lowest BCUT2D eigenvalue weighted by Crippen LogP contribution is -2.49. The maximum absolute atomic E-state index is 12.0. The van der Waals surface area contributed by atoms with Crippen molar-refractivity contribution >= 4 is 29.6 Å². The summed E-state index contributed by atoms with van der Waals surface area (Å²) in [6, 6.07) is 7.99. The van der Waals surface area contributed by atoms with E-state index in [0.717, 1.165) is 0 Å². The molecule has 2 N–H and O–H groups in total. The Hall–Kier alpha value is -3.10. The lowest BCUT2D eigenvalue weighted by molar-refractivity contribution is -0.143. The summed E-state index contributed by atoms with van der Waals surface area (Å²) >= 11 is 0. The first-order valence-corrected chi connectivity index (χ1v) is 8.74. The summed E-state index contributed by atoms with van der Waals surface area (Å²) in [5, 5.41) is 8.96. The molecule has 1 aromatic rings. The first kappa shape index (κ1) is 21.2. The van der Waals surface area contributed by atoms with Crippen LogP contribution in [0.5, 0.6) is 0 Å². The van der Waals surface area contributed by atoms with Crippen molar-refractivity contribution in [3.05, 3.63) is 43.2 Å². The quantitative estimate of drug-likeness (QED) is 0.437. The fraction of sp³-hybridized carbons (Fsp3) is 0.368. The van der Waals surface area contributed by atoms with E-state index in [4.69, 9.17) is 14.3 Å². The van der Waals surface area contributed by atoms with Crippen molar-refractivity contribution in [1.29, 1.82) is 0 Å². The van der Waals surface area contributed by atoms with Crippen LogP contribution in [0.2, 0.25) is 0 Å². The topological polar surface area (TPSA) is 115 Å². The van der Waals surface area contributed by atoms with Gasteiger partial charge in [-0.05, 0) is 17.3 Å². The number of hydrogen-bond donors (Lipinski definition) is 2. The van der Waals surface area contributed by atoms with Gasteiger partial charge in [-0.25, -0.2) is 4.79 Å². The van der Waals surface area contributed by atoms with Crippen LogP contribution < -0.4 is 10.6 Å². The van der Waals surface area contributed by atoms with E-state index in [9.17, 15) is 14.4 Å². The summed E-state index contributed by atoms with van der Waals surface area (Å²) in [4.78, 5) is 39.7. The van der Waals surface area contributed by atoms with E-state index in [0.29, 0.717) is 5.69 Å². The van der Waals surface area contributed by atoms with Crippen molar-refractivity contribution in [3.8, 4) is 0 Å². The van der Waals surface area contributed by atoms with Crippen molar-refractivity contribution in [2.45, 2.75) is 32.9 Å². The van der Waals surface area contributed by atoms with Gasteiger partial charge in [0.2, 0.25) is 11.8 Å². The van der Waals surface area contributed by atoms with Gasteiger partial charge in [-0.1, -0.05) is 32.0 Å². The summed E-state index contributed by atoms with van der Waals surface area (Å²) in [5.41, 5.74) is 0.537. The highest BCUT2D eigenvalue weighted by Crippen LogP contribution is 2.16. The maximum Gasteiger partial charge on any atom is 0.437 e. The molecule has 1 aromatic carbocycles. The number of nitrogens with zero attached hydrogens (tertiary/aromatic N) is 1. The fourth-order valence-corrected chi connectivity index (χ4v) is 2.13. The van der Waals surface area contributed by atoms with Gasteiger partial charge in [0, 0.05) is 31.4 Å². The molecule has 9 heteroatoms. The summed E-state index contributed by atoms with van der Waals surface area (Å²) in [6.45, 7) is 4.73. The smallest absolute Gasteiger partial charge is 0.437 e. The number of hydrogen-bond acceptors (Lipinski definition) is 7. The minimum atomic E-state index is -0.817. The summed E-state index contributed by atoms with van der Waals surface area (Å²) < 4.78 is 10.5. The fourth-order valence-electron chi connectivity index (χ4n) is 2.13. The molecule has 2 radical (unpaired) electrons. The molecule has 9 nitrogen and oxygen atoms in total. The lowest BCUT2D eigenvalue weighted by atomic mass is 10.0. The third kappa shape index (κ3) is 6.90. The molecule has 1 aliphatic rings. The molecule has 0 unspecified atom stereocenters. The number of nitrogens with one attached hydrogen (secondary N) is 2. The number of oxime groups is 1. The molecule has 0 bridgehead atoms. The first-order valence-electron chi connectivity index (χ1n) is 8.74. The van der Waals surface area contributed by atoms with E-state index in [2.05, 4.69) is 15.8 Å². The molecule has 1 fully saturated rings. The number of anilines is 1. The van der Waals surface area contributed by atoms with Crippen molar-refractivity contribution in [3.63, 3.8) is 0 Å². The Labute approximate surface area is 163 Å². The van der Waals surface area contributed by atoms with E-state index >= 15 is 0 Å². The molecule has 2 rings (SSSR count). The van der Waals surface area contributed by atoms with Crippen molar-refractivity contribution in [1.82, 2.24) is 5.32 Å². The Morgan fingerprint density at radius 3 is 2.54 bits per heavy atom. The van der Waals surface area contributed by atoms with Crippen LogP contribution >= 0.6 is 0 Å². The molecule has 1 saturated heterocycles. The number of benzene rings is 1. The van der Waals surface area contributed by atoms with E-state index in [-0.39, 0.29) is 24.3 Å². The number of esters is 1. The molecular formula is C19H23N3O6. The second-order valence-corrected chi connectivity index (χ2v) is 6.28. The van der Waals surface area contributed by atoms with Gasteiger partial charge in [-0.3, -0.25) is 19.7 Å². The SMILES string of the molecule is CC(=O)OC[C@H]1[CH][CH][C@@H](NC(=O)C(C)C)C(=NOC(=O)Nc2ccccc2)O1. The van der Waals surface area contributed by atoms with Gasteiger partial charge in [0.25, 0.3) is 0 Å². The van der Waals surface area contributed by atoms with Crippen molar-refractivity contribution in [2.24, 2.45) is 11.1 Å². The zero-order chi connectivity index (χ0) is 20.5. The molecule has 0 saturated carbocycles. The second kappa shape index (κ2) is 10.3. The highest BCUT2D eigenvalue weighted by molar-refractivity contribution is 5.91. The number of ether oxygens (including phenoxy) is 2. The van der Waals surface area contributed by atoms with Gasteiger partial charge in [-0.15, -0.1) is 0 Å². The predicted octanol–water partition coefficient (Wildman–Crippen LogP) is 2.06. The summed E-state index contributed by atoms with van der Waals surface area (Å²) in [7, 11) is 0. The number of para-hydroxylation sites is 1. The van der Waals surface area contributed by atoms with Crippen LogP contribution in [-0.4, -0.2) is 42.6 Å². The van der Waals surface area contributed by atoms with E-state index < -0.39 is 24.2 Å². The molecule has 28 heavy (non-hydrogen) atoms. The maximum atomic E-state index is 12.0. The number of rotatable bonds is 6. The normalized spacial score (nSPS) is 20.2. The van der Waals surface area contributed by atoms with Crippen LogP contribution in [0.4, 0.5) is 10.5 Å². The molecule has 2 atom stereocenters. The molecule has 150 valence electrons. The molecule has 0 spiro atoms. The van der Waals surface area contributed by atoms with Crippen LogP contribution in [0.1, 0.15) is 20.8 Å². The Morgan fingerprint density at radius 1 is 1.18 bits per heavy atom. The van der Waals surface area contributed by atoms with Gasteiger partial charge in [0.15, 0.2) is 0 Å². The van der Waals surface area contributed by atoms with E-state index in [1.54, 1.807) is 51.0 Å². The summed E-state index contributed by atoms with van der Waals surface area (Å²) in [5.74, 6) is -0.963. The highest BCUT2D eigenvalue weighted by Gasteiger charge is 2.32. The number of carbonyl (C=O) groups excluding carboxylic acids is 3. The largest absolute Gasteiger partial charge is 0.470 e. The third-order valence-corrected chi connectivity index (χ3v) is 3.57. The Morgan fingerprint density at radius 2 is 1.89 bits per heavy atom. The monoisotopic (exact) mass is 389 g/mol. The lowest BCUT2D eigenvalue weighted by Gasteiger charge is -2.30. The number of amides is 2. The van der Waals surface area contributed by atoms with Crippen LogP contribution in [-0.2, 0) is 23.9 Å². The second-order valence-electron chi connectivity index (χ2n) is 6.28. The van der Waals surface area contributed by atoms with Gasteiger partial charge in [0.1, 0.15) is 18.8 Å². The average Bonchev–Trinajstić information content (AvgIpc) is 2.66. The molecule has 1 aliphatic heterocycles. The van der Waals surface area contributed by atoms with Gasteiger partial charge < -0.3 is 14.8 Å². The van der Waals surface area contributed by atoms with E-state index in [1.807, 2.05) is 6.07 Å². The third-order valence-electron chi connectivity index (χ3n) is 3.57. The minimum absolute atomic E-state index is 0.0307. The molecule has 0 aromatic heterocycles. The van der Waals surface area contributed by atoms with Crippen LogP contribution in [0.15, 0.2) is 35.5 Å². The summed E-state index contributed by atoms with van der Waals surface area (Å²) in [6.07, 6.45) is 1.84. The molecule has 0 aliphatic carbocycles. The number of carbonyl (C=O) groups is 3. The van der Waals surface area contributed by atoms with Crippen molar-refractivity contribution in [2.75, 3.05) is 11.9 Å². The zero-order valence-corrected chi connectivity index (χ0v) is 15.9. The highest BCUT2D eigenvalue weighted by atomic mass is 16.7. The minimum Gasteiger partial charge on any atom is -0.470 e. The predicted molar refractivity (Wildman–Crippen MR) is 101 cm³/mol. The standard InChI is InChI=1S/C19H23N3O6/c1-12(2)17(24)21-16-10-9-15(11-26-13(3)23)27-18(16)22-28-19(25)20-14-7-5-4-6-8-14/h4-10,12,15-16H,11H2,1-3H3,(H,20,25)(H,21,24)/t15-,16-/m1/s1. The Kier molecular flexibility index (Phi) is 7.79. The van der Waals surface area contributed by atoms with Crippen molar-refractivity contribution < 1.29 is 28.7 Å². The molecular weight excluding hydrogens is 366 g/mol. The van der Waals surface area contributed by atoms with Gasteiger partial charge >= 0.3 is 12.1 Å². The average molecular weight is 389 g/mol. The zero-order valence-electron chi connectivity index (χ0n) is 15.9. The van der Waals surface area contributed by atoms with Crippen LogP contribution in [0.3, 0.4) is 0 Å². The van der Waals surface area contributed by atoms with Gasteiger partial charge in [-0.2, -0.15) is 0 Å². The van der Waals surface area contributed by atoms with Crippen LogP contribution in [0.25, 0.3) is 0 Å². The molecule has 1 heterocycles. The van der Waals surface area contributed by atoms with Gasteiger partial charge in [0.05, 0.1) is 0 Å².